The highest BCUT2D eigenvalue weighted by atomic mass is 79.9. The van der Waals surface area contributed by atoms with Crippen LogP contribution in [0.1, 0.15) is 15.2 Å². The van der Waals surface area contributed by atoms with Crippen molar-refractivity contribution in [3.63, 3.8) is 0 Å². The van der Waals surface area contributed by atoms with E-state index in [1.165, 1.54) is 11.1 Å². The van der Waals surface area contributed by atoms with Crippen LogP contribution in [0.25, 0.3) is 0 Å². The number of ether oxygens (including phenoxy) is 1. The van der Waals surface area contributed by atoms with Gasteiger partial charge in [0.1, 0.15) is 5.15 Å². The summed E-state index contributed by atoms with van der Waals surface area (Å²) in [6.07, 6.45) is 2.24. The zero-order valence-electron chi connectivity index (χ0n) is 9.23. The number of esters is 1. The Hall–Kier alpha value is -0.910. The highest BCUT2D eigenvalue weighted by Crippen LogP contribution is 2.19. The maximum Gasteiger partial charge on any atom is 0.341 e. The molecule has 0 radical (unpaired) electrons. The van der Waals surface area contributed by atoms with Gasteiger partial charge >= 0.3 is 5.97 Å². The normalized spacial score (nSPS) is 10.3. The second-order valence-electron chi connectivity index (χ2n) is 3.46. The molecule has 0 amide bonds. The van der Waals surface area contributed by atoms with Crippen LogP contribution in [0.4, 0.5) is 0 Å². The summed E-state index contributed by atoms with van der Waals surface area (Å²) in [5.41, 5.74) is 0.275. The molecule has 2 rings (SSSR count). The van der Waals surface area contributed by atoms with Crippen LogP contribution < -0.4 is 0 Å². The number of halogens is 2. The third-order valence-corrected chi connectivity index (χ3v) is 3.86. The van der Waals surface area contributed by atoms with Gasteiger partial charge in [0.15, 0.2) is 0 Å². The van der Waals surface area contributed by atoms with Crippen LogP contribution in [0.15, 0.2) is 34.2 Å². The molecule has 0 aliphatic rings. The summed E-state index contributed by atoms with van der Waals surface area (Å²) < 4.78 is 5.85. The van der Waals surface area contributed by atoms with Crippen molar-refractivity contribution in [3.8, 4) is 0 Å². The molecule has 0 fully saturated rings. The maximum atomic E-state index is 11.8. The molecule has 0 N–H and O–H groups in total. The van der Waals surface area contributed by atoms with Crippen molar-refractivity contribution in [3.05, 3.63) is 49.8 Å². The van der Waals surface area contributed by atoms with E-state index in [9.17, 15) is 4.79 Å². The molecule has 18 heavy (non-hydrogen) atoms. The first kappa shape index (κ1) is 13.5. The number of rotatable bonds is 4. The van der Waals surface area contributed by atoms with Crippen molar-refractivity contribution in [2.24, 2.45) is 0 Å². The number of carbonyl (C=O) groups is 1. The Bertz CT molecular complexity index is 545. The molecule has 0 unspecified atom stereocenters. The number of hydrogen-bond acceptors (Lipinski definition) is 4. The molecule has 94 valence electrons. The Morgan fingerprint density at radius 1 is 1.56 bits per heavy atom. The van der Waals surface area contributed by atoms with E-state index in [1.54, 1.807) is 17.4 Å². The van der Waals surface area contributed by atoms with E-state index in [2.05, 4.69) is 20.9 Å². The van der Waals surface area contributed by atoms with Gasteiger partial charge < -0.3 is 4.74 Å². The van der Waals surface area contributed by atoms with Gasteiger partial charge in [-0.15, -0.1) is 11.3 Å². The highest BCUT2D eigenvalue weighted by molar-refractivity contribution is 9.10. The first-order valence-electron chi connectivity index (χ1n) is 5.17. The van der Waals surface area contributed by atoms with E-state index >= 15 is 0 Å². The minimum absolute atomic E-state index is 0.152. The molecular formula is C12H9BrClNO2S. The number of nitrogens with zero attached hydrogens (tertiary/aromatic N) is 1. The molecule has 0 spiro atoms. The Kier molecular flexibility index (Phi) is 4.74. The third-order valence-electron chi connectivity index (χ3n) is 2.19. The summed E-state index contributed by atoms with van der Waals surface area (Å²) in [7, 11) is 0. The van der Waals surface area contributed by atoms with Crippen molar-refractivity contribution in [2.75, 3.05) is 6.61 Å². The number of carbonyl (C=O) groups excluding carboxylic acids is 1. The Morgan fingerprint density at radius 2 is 2.39 bits per heavy atom. The molecule has 2 aromatic rings. The van der Waals surface area contributed by atoms with Crippen LogP contribution in [0, 0.1) is 0 Å². The first-order valence-corrected chi connectivity index (χ1v) is 7.22. The molecule has 0 saturated carbocycles. The van der Waals surface area contributed by atoms with Crippen LogP contribution in [0.3, 0.4) is 0 Å². The van der Waals surface area contributed by atoms with Gasteiger partial charge in [0.25, 0.3) is 0 Å². The largest absolute Gasteiger partial charge is 0.462 e. The van der Waals surface area contributed by atoms with E-state index < -0.39 is 5.97 Å². The molecule has 0 aliphatic carbocycles. The molecule has 2 aromatic heterocycles. The van der Waals surface area contributed by atoms with Crippen LogP contribution in [-0.2, 0) is 11.2 Å². The summed E-state index contributed by atoms with van der Waals surface area (Å²) in [5.74, 6) is -0.453. The monoisotopic (exact) mass is 345 g/mol. The fourth-order valence-corrected chi connectivity index (χ4v) is 2.54. The number of thiophene rings is 1. The molecule has 6 heteroatoms. The maximum absolute atomic E-state index is 11.8. The summed E-state index contributed by atoms with van der Waals surface area (Å²) in [6.45, 7) is 0.336. The van der Waals surface area contributed by atoms with E-state index in [0.717, 1.165) is 0 Å². The van der Waals surface area contributed by atoms with E-state index in [-0.39, 0.29) is 10.7 Å². The minimum Gasteiger partial charge on any atom is -0.462 e. The van der Waals surface area contributed by atoms with Crippen molar-refractivity contribution in [1.29, 1.82) is 0 Å². The summed E-state index contributed by atoms with van der Waals surface area (Å²) in [5, 5.41) is 2.14. The second-order valence-corrected chi connectivity index (χ2v) is 5.76. The molecule has 0 bridgehead atoms. The molecule has 0 aromatic carbocycles. The lowest BCUT2D eigenvalue weighted by Crippen LogP contribution is -2.09. The van der Waals surface area contributed by atoms with E-state index in [1.807, 2.05) is 17.5 Å². The standard InChI is InChI=1S/C12H9BrClNO2S/c13-8-6-10(11(14)15-7-8)12(16)17-4-3-9-2-1-5-18-9/h1-2,5-7H,3-4H2. The second kappa shape index (κ2) is 6.31. The molecule has 2 heterocycles. The topological polar surface area (TPSA) is 39.2 Å². The third kappa shape index (κ3) is 3.54. The van der Waals surface area contributed by atoms with Gasteiger partial charge in [-0.25, -0.2) is 9.78 Å². The fraction of sp³-hybridized carbons (Fsp3) is 0.167. The highest BCUT2D eigenvalue weighted by Gasteiger charge is 2.13. The lowest BCUT2D eigenvalue weighted by molar-refractivity contribution is 0.0509. The zero-order chi connectivity index (χ0) is 13.0. The van der Waals surface area contributed by atoms with Gasteiger partial charge in [0.05, 0.1) is 12.2 Å². The average molecular weight is 347 g/mol. The van der Waals surface area contributed by atoms with Crippen molar-refractivity contribution in [1.82, 2.24) is 4.98 Å². The number of aromatic nitrogens is 1. The quantitative estimate of drug-likeness (QED) is 0.621. The molecule has 3 nitrogen and oxygen atoms in total. The average Bonchev–Trinajstić information content (AvgIpc) is 2.85. The minimum atomic E-state index is -0.453. The van der Waals surface area contributed by atoms with Crippen LogP contribution in [-0.4, -0.2) is 17.6 Å². The smallest absolute Gasteiger partial charge is 0.341 e. The van der Waals surface area contributed by atoms with Gasteiger partial charge in [0, 0.05) is 22.0 Å². The SMILES string of the molecule is O=C(OCCc1cccs1)c1cc(Br)cnc1Cl. The number of pyridine rings is 1. The zero-order valence-corrected chi connectivity index (χ0v) is 12.4. The van der Waals surface area contributed by atoms with Gasteiger partial charge in [0.2, 0.25) is 0 Å². The van der Waals surface area contributed by atoms with Crippen molar-refractivity contribution in [2.45, 2.75) is 6.42 Å². The van der Waals surface area contributed by atoms with E-state index in [0.29, 0.717) is 17.5 Å². The van der Waals surface area contributed by atoms with Gasteiger partial charge in [-0.1, -0.05) is 17.7 Å². The Morgan fingerprint density at radius 3 is 3.11 bits per heavy atom. The van der Waals surface area contributed by atoms with Gasteiger partial charge in [-0.05, 0) is 33.4 Å². The van der Waals surface area contributed by atoms with Gasteiger partial charge in [-0.3, -0.25) is 0 Å². The van der Waals surface area contributed by atoms with E-state index in [4.69, 9.17) is 16.3 Å². The number of hydrogen-bond donors (Lipinski definition) is 0. The van der Waals surface area contributed by atoms with Crippen LogP contribution >= 0.6 is 38.9 Å². The summed E-state index contributed by atoms with van der Waals surface area (Å²) >= 11 is 10.7. The molecule has 0 atom stereocenters. The fourth-order valence-electron chi connectivity index (χ4n) is 1.34. The molecular weight excluding hydrogens is 338 g/mol. The van der Waals surface area contributed by atoms with Crippen LogP contribution in [0.5, 0.6) is 0 Å². The van der Waals surface area contributed by atoms with Crippen molar-refractivity contribution >= 4 is 44.8 Å². The van der Waals surface area contributed by atoms with Crippen molar-refractivity contribution < 1.29 is 9.53 Å². The first-order chi connectivity index (χ1) is 8.66. The predicted molar refractivity (Wildman–Crippen MR) is 75.3 cm³/mol. The summed E-state index contributed by atoms with van der Waals surface area (Å²) in [6, 6.07) is 5.58. The van der Waals surface area contributed by atoms with Gasteiger partial charge in [-0.2, -0.15) is 0 Å². The molecule has 0 saturated heterocycles. The lowest BCUT2D eigenvalue weighted by atomic mass is 10.3. The Labute approximate surface area is 122 Å². The van der Waals surface area contributed by atoms with Crippen LogP contribution in [0.2, 0.25) is 5.15 Å². The Balaban J connectivity index is 1.93. The summed E-state index contributed by atoms with van der Waals surface area (Å²) in [4.78, 5) is 16.8. The predicted octanol–water partition coefficient (Wildman–Crippen LogP) is 3.96. The molecule has 0 aliphatic heterocycles. The lowest BCUT2D eigenvalue weighted by Gasteiger charge is -2.05.